The number of amides is 2. The molecule has 3 aromatic rings. The summed E-state index contributed by atoms with van der Waals surface area (Å²) >= 11 is 9.18. The van der Waals surface area contributed by atoms with Crippen LogP contribution in [0.1, 0.15) is 41.7 Å². The smallest absolute Gasteiger partial charge is 0.307 e. The van der Waals surface area contributed by atoms with Crippen LogP contribution < -0.4 is 10.6 Å². The standard InChI is InChI=1S/C23H22ClN3O2S2/c24-21-19(14-30-16-10-2-1-3-11-16)26-23(31-21)27-22(29)25-18-13-7-6-12-17(18)20(28)15-8-4-5-9-15/h1-3,6-7,10-13,15H,4-5,8-9,14H2,(H2,25,26,27,29). The number of aromatic nitrogens is 1. The summed E-state index contributed by atoms with van der Waals surface area (Å²) < 4.78 is 0.551. The van der Waals surface area contributed by atoms with Gasteiger partial charge in [-0.25, -0.2) is 9.78 Å². The molecule has 31 heavy (non-hydrogen) atoms. The second-order valence-electron chi connectivity index (χ2n) is 7.31. The molecule has 0 aliphatic heterocycles. The predicted octanol–water partition coefficient (Wildman–Crippen LogP) is 7.11. The van der Waals surface area contributed by atoms with E-state index in [2.05, 4.69) is 15.6 Å². The van der Waals surface area contributed by atoms with Gasteiger partial charge in [0.15, 0.2) is 10.9 Å². The van der Waals surface area contributed by atoms with Crippen molar-refractivity contribution in [2.45, 2.75) is 36.3 Å². The van der Waals surface area contributed by atoms with Crippen LogP contribution >= 0.6 is 34.7 Å². The molecule has 1 aliphatic carbocycles. The fourth-order valence-electron chi connectivity index (χ4n) is 3.61. The zero-order valence-electron chi connectivity index (χ0n) is 16.8. The maximum atomic E-state index is 12.8. The molecule has 2 amide bonds. The van der Waals surface area contributed by atoms with Gasteiger partial charge in [-0.2, -0.15) is 0 Å². The third kappa shape index (κ3) is 5.67. The number of thiazole rings is 1. The zero-order chi connectivity index (χ0) is 21.6. The normalized spacial score (nSPS) is 13.8. The summed E-state index contributed by atoms with van der Waals surface area (Å²) in [5.41, 5.74) is 1.80. The summed E-state index contributed by atoms with van der Waals surface area (Å²) in [6.45, 7) is 0. The predicted molar refractivity (Wildman–Crippen MR) is 128 cm³/mol. The van der Waals surface area contributed by atoms with Crippen LogP contribution in [0.2, 0.25) is 4.34 Å². The average Bonchev–Trinajstić information content (AvgIpc) is 3.43. The second-order valence-corrected chi connectivity index (χ2v) is 9.96. The molecule has 1 aliphatic rings. The van der Waals surface area contributed by atoms with Crippen LogP contribution in [0.3, 0.4) is 0 Å². The number of Topliss-reactive ketones (excluding diaryl/α,β-unsaturated/α-hetero) is 1. The first-order chi connectivity index (χ1) is 15.1. The van der Waals surface area contributed by atoms with Gasteiger partial charge in [-0.1, -0.05) is 66.1 Å². The lowest BCUT2D eigenvalue weighted by molar-refractivity contribution is 0.0924. The van der Waals surface area contributed by atoms with Crippen LogP contribution in [-0.4, -0.2) is 16.8 Å². The minimum atomic E-state index is -0.445. The fourth-order valence-corrected chi connectivity index (χ4v) is 5.68. The Hall–Kier alpha value is -2.35. The van der Waals surface area contributed by atoms with Crippen molar-refractivity contribution in [2.75, 3.05) is 10.6 Å². The first kappa shape index (κ1) is 21.9. The molecule has 0 saturated heterocycles. The Morgan fingerprint density at radius 1 is 1.03 bits per heavy atom. The maximum Gasteiger partial charge on any atom is 0.325 e. The van der Waals surface area contributed by atoms with E-state index in [4.69, 9.17) is 11.6 Å². The Labute approximate surface area is 194 Å². The van der Waals surface area contributed by atoms with Gasteiger partial charge in [0.2, 0.25) is 0 Å². The van der Waals surface area contributed by atoms with Crippen molar-refractivity contribution < 1.29 is 9.59 Å². The number of hydrogen-bond acceptors (Lipinski definition) is 5. The van der Waals surface area contributed by atoms with Crippen molar-refractivity contribution >= 4 is 57.3 Å². The Bertz CT molecular complexity index is 1070. The fraction of sp³-hybridized carbons (Fsp3) is 0.261. The number of carbonyl (C=O) groups is 2. The molecule has 4 rings (SSSR count). The van der Waals surface area contributed by atoms with Gasteiger partial charge in [0, 0.05) is 22.1 Å². The number of hydrogen-bond donors (Lipinski definition) is 2. The molecule has 0 unspecified atom stereocenters. The molecule has 0 atom stereocenters. The van der Waals surface area contributed by atoms with Crippen LogP contribution in [0.25, 0.3) is 0 Å². The van der Waals surface area contributed by atoms with E-state index in [-0.39, 0.29) is 11.7 Å². The largest absolute Gasteiger partial charge is 0.325 e. The first-order valence-electron chi connectivity index (χ1n) is 10.1. The number of benzene rings is 2. The third-order valence-corrected chi connectivity index (χ3v) is 7.43. The molecule has 1 heterocycles. The molecular formula is C23H22ClN3O2S2. The molecule has 0 radical (unpaired) electrons. The maximum absolute atomic E-state index is 12.8. The van der Waals surface area contributed by atoms with Crippen molar-refractivity contribution in [3.05, 3.63) is 70.2 Å². The average molecular weight is 472 g/mol. The number of halogens is 1. The lowest BCUT2D eigenvalue weighted by Gasteiger charge is -2.13. The highest BCUT2D eigenvalue weighted by Crippen LogP contribution is 2.33. The Balaban J connectivity index is 1.39. The number of nitrogens with zero attached hydrogens (tertiary/aromatic N) is 1. The van der Waals surface area contributed by atoms with Gasteiger partial charge in [-0.3, -0.25) is 10.1 Å². The number of anilines is 2. The van der Waals surface area contributed by atoms with Crippen LogP contribution in [0.15, 0.2) is 59.5 Å². The molecule has 2 aromatic carbocycles. The Kier molecular flexibility index (Phi) is 7.27. The zero-order valence-corrected chi connectivity index (χ0v) is 19.2. The second kappa shape index (κ2) is 10.3. The molecule has 1 saturated carbocycles. The van der Waals surface area contributed by atoms with E-state index >= 15 is 0 Å². The molecule has 0 spiro atoms. The number of carbonyl (C=O) groups excluding carboxylic acids is 2. The van der Waals surface area contributed by atoms with Gasteiger partial charge in [-0.05, 0) is 37.1 Å². The SMILES string of the molecule is O=C(Nc1nc(CSc2ccccc2)c(Cl)s1)Nc1ccccc1C(=O)C1CCCC1. The van der Waals surface area contributed by atoms with E-state index in [1.54, 1.807) is 30.0 Å². The minimum Gasteiger partial charge on any atom is -0.307 e. The highest BCUT2D eigenvalue weighted by molar-refractivity contribution is 7.98. The number of thioether (sulfide) groups is 1. The summed E-state index contributed by atoms with van der Waals surface area (Å²) in [4.78, 5) is 31.0. The highest BCUT2D eigenvalue weighted by atomic mass is 35.5. The first-order valence-corrected chi connectivity index (χ1v) is 12.3. The summed E-state index contributed by atoms with van der Waals surface area (Å²) in [7, 11) is 0. The molecule has 160 valence electrons. The van der Waals surface area contributed by atoms with Crippen LogP contribution in [-0.2, 0) is 5.75 Å². The summed E-state index contributed by atoms with van der Waals surface area (Å²) in [6.07, 6.45) is 4.01. The number of para-hydroxylation sites is 1. The molecule has 1 aromatic heterocycles. The van der Waals surface area contributed by atoms with Gasteiger partial charge in [-0.15, -0.1) is 11.8 Å². The van der Waals surface area contributed by atoms with Crippen molar-refractivity contribution in [2.24, 2.45) is 5.92 Å². The van der Waals surface area contributed by atoms with Gasteiger partial charge in [0.05, 0.1) is 11.4 Å². The molecule has 2 N–H and O–H groups in total. The van der Waals surface area contributed by atoms with Gasteiger partial charge >= 0.3 is 6.03 Å². The number of rotatable bonds is 7. The van der Waals surface area contributed by atoms with Gasteiger partial charge in [0.25, 0.3) is 0 Å². The van der Waals surface area contributed by atoms with Crippen LogP contribution in [0.5, 0.6) is 0 Å². The Morgan fingerprint density at radius 3 is 2.52 bits per heavy atom. The lowest BCUT2D eigenvalue weighted by atomic mass is 9.95. The highest BCUT2D eigenvalue weighted by Gasteiger charge is 2.26. The van der Waals surface area contributed by atoms with E-state index in [0.717, 1.165) is 36.3 Å². The molecular weight excluding hydrogens is 450 g/mol. The molecule has 5 nitrogen and oxygen atoms in total. The topological polar surface area (TPSA) is 71.1 Å². The van der Waals surface area contributed by atoms with Gasteiger partial charge in [0.1, 0.15) is 4.34 Å². The summed E-state index contributed by atoms with van der Waals surface area (Å²) in [5.74, 6) is 0.765. The van der Waals surface area contributed by atoms with Crippen molar-refractivity contribution in [1.82, 2.24) is 4.98 Å². The number of urea groups is 1. The quantitative estimate of drug-likeness (QED) is 0.284. The van der Waals surface area contributed by atoms with Crippen LogP contribution in [0.4, 0.5) is 15.6 Å². The summed E-state index contributed by atoms with van der Waals surface area (Å²) in [6, 6.07) is 16.7. The molecule has 0 bridgehead atoms. The third-order valence-electron chi connectivity index (χ3n) is 5.16. The van der Waals surface area contributed by atoms with Crippen molar-refractivity contribution in [3.63, 3.8) is 0 Å². The lowest BCUT2D eigenvalue weighted by Crippen LogP contribution is -2.22. The van der Waals surface area contributed by atoms with E-state index < -0.39 is 6.03 Å². The van der Waals surface area contributed by atoms with E-state index in [9.17, 15) is 9.59 Å². The summed E-state index contributed by atoms with van der Waals surface area (Å²) in [5, 5.41) is 5.96. The van der Waals surface area contributed by atoms with E-state index in [0.29, 0.717) is 26.5 Å². The monoisotopic (exact) mass is 471 g/mol. The number of ketones is 1. The molecule has 1 fully saturated rings. The minimum absolute atomic E-state index is 0.0495. The van der Waals surface area contributed by atoms with Crippen molar-refractivity contribution in [1.29, 1.82) is 0 Å². The van der Waals surface area contributed by atoms with E-state index in [1.165, 1.54) is 11.3 Å². The molecule has 8 heteroatoms. The van der Waals surface area contributed by atoms with E-state index in [1.807, 2.05) is 36.4 Å². The number of nitrogens with one attached hydrogen (secondary N) is 2. The van der Waals surface area contributed by atoms with Gasteiger partial charge < -0.3 is 5.32 Å². The Morgan fingerprint density at radius 2 is 1.74 bits per heavy atom. The van der Waals surface area contributed by atoms with Crippen molar-refractivity contribution in [3.8, 4) is 0 Å². The van der Waals surface area contributed by atoms with Crippen LogP contribution in [0, 0.1) is 5.92 Å².